The molecule has 26 heavy (non-hydrogen) atoms. The minimum atomic E-state index is 0.539. The number of hydrogen-bond acceptors (Lipinski definition) is 6. The van der Waals surface area contributed by atoms with E-state index in [1.54, 1.807) is 0 Å². The molecule has 1 fully saturated rings. The highest BCUT2D eigenvalue weighted by atomic mass is 16.5. The van der Waals surface area contributed by atoms with Crippen LogP contribution in [0.25, 0.3) is 11.3 Å². The third-order valence-electron chi connectivity index (χ3n) is 4.30. The molecule has 1 aromatic heterocycles. The Morgan fingerprint density at radius 3 is 2.58 bits per heavy atom. The van der Waals surface area contributed by atoms with E-state index < -0.39 is 0 Å². The summed E-state index contributed by atoms with van der Waals surface area (Å²) in [5, 5.41) is 6.80. The molecule has 6 nitrogen and oxygen atoms in total. The Hall–Kier alpha value is -2.18. The van der Waals surface area contributed by atoms with E-state index in [1.165, 1.54) is 0 Å². The maximum atomic E-state index is 5.40. The molecule has 2 aromatic rings. The summed E-state index contributed by atoms with van der Waals surface area (Å²) in [4.78, 5) is 11.7. The van der Waals surface area contributed by atoms with E-state index in [0.29, 0.717) is 11.9 Å². The summed E-state index contributed by atoms with van der Waals surface area (Å²) in [7, 11) is 0. The molecule has 0 aliphatic carbocycles. The smallest absolute Gasteiger partial charge is 0.225 e. The summed E-state index contributed by atoms with van der Waals surface area (Å²) in [6.45, 7) is 10.7. The van der Waals surface area contributed by atoms with Gasteiger partial charge in [-0.15, -0.1) is 0 Å². The summed E-state index contributed by atoms with van der Waals surface area (Å²) >= 11 is 0. The molecule has 0 atom stereocenters. The van der Waals surface area contributed by atoms with E-state index in [9.17, 15) is 0 Å². The second-order valence-corrected chi connectivity index (χ2v) is 6.98. The Morgan fingerprint density at radius 1 is 1.08 bits per heavy atom. The van der Waals surface area contributed by atoms with E-state index in [0.717, 1.165) is 63.0 Å². The van der Waals surface area contributed by atoms with E-state index in [-0.39, 0.29) is 0 Å². The van der Waals surface area contributed by atoms with Gasteiger partial charge < -0.3 is 15.4 Å². The monoisotopic (exact) mass is 355 g/mol. The first-order valence-corrected chi connectivity index (χ1v) is 9.43. The zero-order valence-electron chi connectivity index (χ0n) is 15.7. The van der Waals surface area contributed by atoms with Crippen molar-refractivity contribution < 1.29 is 4.74 Å². The van der Waals surface area contributed by atoms with Gasteiger partial charge in [-0.3, -0.25) is 4.90 Å². The van der Waals surface area contributed by atoms with Crippen molar-refractivity contribution in [3.8, 4) is 11.3 Å². The van der Waals surface area contributed by atoms with Gasteiger partial charge in [0.2, 0.25) is 5.95 Å². The van der Waals surface area contributed by atoms with Gasteiger partial charge in [0.25, 0.3) is 0 Å². The summed E-state index contributed by atoms with van der Waals surface area (Å²) < 4.78 is 5.40. The van der Waals surface area contributed by atoms with Crippen molar-refractivity contribution in [3.05, 3.63) is 36.4 Å². The van der Waals surface area contributed by atoms with Crippen molar-refractivity contribution in [2.45, 2.75) is 13.8 Å². The van der Waals surface area contributed by atoms with Crippen molar-refractivity contribution in [1.82, 2.24) is 14.9 Å². The van der Waals surface area contributed by atoms with Crippen LogP contribution in [0.5, 0.6) is 0 Å². The van der Waals surface area contributed by atoms with Crippen LogP contribution in [0.3, 0.4) is 0 Å². The number of morpholine rings is 1. The van der Waals surface area contributed by atoms with Crippen LogP contribution in [0.4, 0.5) is 11.8 Å². The van der Waals surface area contributed by atoms with E-state index >= 15 is 0 Å². The van der Waals surface area contributed by atoms with Crippen LogP contribution in [0.1, 0.15) is 13.8 Å². The van der Waals surface area contributed by atoms with Gasteiger partial charge in [-0.1, -0.05) is 44.2 Å². The molecule has 3 rings (SSSR count). The van der Waals surface area contributed by atoms with Gasteiger partial charge >= 0.3 is 0 Å². The van der Waals surface area contributed by atoms with Crippen LogP contribution in [0, 0.1) is 5.92 Å². The largest absolute Gasteiger partial charge is 0.379 e. The Kier molecular flexibility index (Phi) is 6.80. The van der Waals surface area contributed by atoms with Gasteiger partial charge in [-0.05, 0) is 5.92 Å². The number of rotatable bonds is 8. The lowest BCUT2D eigenvalue weighted by Crippen LogP contribution is -2.39. The van der Waals surface area contributed by atoms with E-state index in [1.807, 2.05) is 24.3 Å². The predicted octanol–water partition coefficient (Wildman–Crippen LogP) is 2.96. The maximum Gasteiger partial charge on any atom is 0.225 e. The number of benzene rings is 1. The van der Waals surface area contributed by atoms with Crippen LogP contribution in [-0.4, -0.2) is 60.8 Å². The first-order valence-electron chi connectivity index (χ1n) is 9.43. The molecule has 0 saturated carbocycles. The molecule has 0 amide bonds. The lowest BCUT2D eigenvalue weighted by Gasteiger charge is -2.26. The Balaban J connectivity index is 1.69. The minimum Gasteiger partial charge on any atom is -0.379 e. The summed E-state index contributed by atoms with van der Waals surface area (Å²) in [5.41, 5.74) is 2.03. The van der Waals surface area contributed by atoms with E-state index in [2.05, 4.69) is 51.5 Å². The second kappa shape index (κ2) is 9.50. The minimum absolute atomic E-state index is 0.539. The number of aromatic nitrogens is 2. The number of ether oxygens (including phenoxy) is 1. The molecular formula is C20H29N5O. The highest BCUT2D eigenvalue weighted by molar-refractivity contribution is 5.64. The highest BCUT2D eigenvalue weighted by Gasteiger charge is 2.11. The van der Waals surface area contributed by atoms with Gasteiger partial charge in [0.1, 0.15) is 5.82 Å². The molecule has 0 spiro atoms. The molecule has 6 heteroatoms. The van der Waals surface area contributed by atoms with Gasteiger partial charge in [0.15, 0.2) is 0 Å². The number of nitrogens with one attached hydrogen (secondary N) is 2. The number of nitrogens with zero attached hydrogens (tertiary/aromatic N) is 3. The van der Waals surface area contributed by atoms with Crippen LogP contribution in [-0.2, 0) is 4.74 Å². The number of hydrogen-bond donors (Lipinski definition) is 2. The van der Waals surface area contributed by atoms with E-state index in [4.69, 9.17) is 4.74 Å². The molecule has 140 valence electrons. The first kappa shape index (κ1) is 18.6. The second-order valence-electron chi connectivity index (χ2n) is 6.98. The molecule has 1 aliphatic rings. The van der Waals surface area contributed by atoms with Crippen LogP contribution in [0.15, 0.2) is 36.4 Å². The average molecular weight is 355 g/mol. The van der Waals surface area contributed by atoms with Crippen LogP contribution < -0.4 is 10.6 Å². The first-order chi connectivity index (χ1) is 12.7. The Labute approximate surface area is 156 Å². The van der Waals surface area contributed by atoms with Crippen molar-refractivity contribution >= 4 is 11.8 Å². The van der Waals surface area contributed by atoms with Crippen molar-refractivity contribution in [2.24, 2.45) is 5.92 Å². The third-order valence-corrected chi connectivity index (χ3v) is 4.30. The fourth-order valence-corrected chi connectivity index (χ4v) is 2.84. The quantitative estimate of drug-likeness (QED) is 0.759. The van der Waals surface area contributed by atoms with Crippen molar-refractivity contribution in [1.29, 1.82) is 0 Å². The molecule has 2 N–H and O–H groups in total. The molecular weight excluding hydrogens is 326 g/mol. The van der Waals surface area contributed by atoms with Crippen LogP contribution >= 0.6 is 0 Å². The Morgan fingerprint density at radius 2 is 1.85 bits per heavy atom. The third kappa shape index (κ3) is 5.68. The van der Waals surface area contributed by atoms with Gasteiger partial charge in [0.05, 0.1) is 18.9 Å². The Bertz CT molecular complexity index is 671. The summed E-state index contributed by atoms with van der Waals surface area (Å²) in [5.74, 6) is 2.07. The molecule has 1 aliphatic heterocycles. The normalized spacial score (nSPS) is 15.2. The molecule has 0 unspecified atom stereocenters. The standard InChI is InChI=1S/C20H29N5O/c1-16(2)15-22-20-23-18(17-6-4-3-5-7-17)14-19(24-20)21-8-9-25-10-12-26-13-11-25/h3-7,14,16H,8-13,15H2,1-2H3,(H2,21,22,23,24). The summed E-state index contributed by atoms with van der Waals surface area (Å²) in [6, 6.07) is 12.3. The lowest BCUT2D eigenvalue weighted by atomic mass is 10.1. The molecule has 0 bridgehead atoms. The molecule has 0 radical (unpaired) electrons. The van der Waals surface area contributed by atoms with Gasteiger partial charge in [0, 0.05) is 44.4 Å². The van der Waals surface area contributed by atoms with Crippen molar-refractivity contribution in [2.75, 3.05) is 56.6 Å². The SMILES string of the molecule is CC(C)CNc1nc(NCCN2CCOCC2)cc(-c2ccccc2)n1. The van der Waals surface area contributed by atoms with Crippen molar-refractivity contribution in [3.63, 3.8) is 0 Å². The predicted molar refractivity (Wildman–Crippen MR) is 107 cm³/mol. The fourth-order valence-electron chi connectivity index (χ4n) is 2.84. The highest BCUT2D eigenvalue weighted by Crippen LogP contribution is 2.21. The van der Waals surface area contributed by atoms with Crippen LogP contribution in [0.2, 0.25) is 0 Å². The molecule has 1 saturated heterocycles. The zero-order valence-corrected chi connectivity index (χ0v) is 15.7. The average Bonchev–Trinajstić information content (AvgIpc) is 2.68. The fraction of sp³-hybridized carbons (Fsp3) is 0.500. The lowest BCUT2D eigenvalue weighted by molar-refractivity contribution is 0.0398. The van der Waals surface area contributed by atoms with Gasteiger partial charge in [-0.25, -0.2) is 4.98 Å². The molecule has 2 heterocycles. The topological polar surface area (TPSA) is 62.3 Å². The number of anilines is 2. The maximum absolute atomic E-state index is 5.40. The van der Waals surface area contributed by atoms with Gasteiger partial charge in [-0.2, -0.15) is 4.98 Å². The summed E-state index contributed by atoms with van der Waals surface area (Å²) in [6.07, 6.45) is 0. The zero-order chi connectivity index (χ0) is 18.2. The molecule has 1 aromatic carbocycles.